The molecule has 8 heteroatoms. The van der Waals surface area contributed by atoms with Crippen molar-refractivity contribution in [3.05, 3.63) is 39.4 Å². The molecule has 0 aromatic heterocycles. The number of nitrogens with zero attached hydrogens (tertiary/aromatic N) is 6. The van der Waals surface area contributed by atoms with Crippen LogP contribution in [0.5, 0.6) is 0 Å². The van der Waals surface area contributed by atoms with Crippen molar-refractivity contribution in [1.29, 1.82) is 31.6 Å². The molecule has 0 bridgehead atoms. The summed E-state index contributed by atoms with van der Waals surface area (Å²) in [5, 5.41) is 37.5. The van der Waals surface area contributed by atoms with Gasteiger partial charge in [0.1, 0.15) is 0 Å². The fourth-order valence-corrected chi connectivity index (χ4v) is 0. The Kier molecular flexibility index (Phi) is 1410. The molecule has 0 atom stereocenters. The van der Waals surface area contributed by atoms with Crippen LogP contribution in [0.4, 0.5) is 0 Å². The van der Waals surface area contributed by atoms with E-state index in [4.69, 9.17) is 71.0 Å². The van der Waals surface area contributed by atoms with Crippen molar-refractivity contribution in [3.63, 3.8) is 0 Å². The van der Waals surface area contributed by atoms with Crippen LogP contribution < -0.4 is 0 Å². The van der Waals surface area contributed by atoms with E-state index in [1.165, 1.54) is 0 Å². The molecule has 0 fully saturated rings. The molecule has 0 aliphatic rings. The van der Waals surface area contributed by atoms with Gasteiger partial charge >= 0.3 is 30.4 Å². The summed E-state index contributed by atoms with van der Waals surface area (Å²) in [6.45, 7) is 28.5. The maximum atomic E-state index is 6.25. The quantitative estimate of drug-likeness (QED) is 0.460. The van der Waals surface area contributed by atoms with Gasteiger partial charge in [0.2, 0.25) is 0 Å². The number of rotatable bonds is 0. The zero-order valence-electron chi connectivity index (χ0n) is 6.54. The average Bonchev–Trinajstić information content (AvgIpc) is 2.45. The summed E-state index contributed by atoms with van der Waals surface area (Å²) in [7, 11) is 0. The summed E-state index contributed by atoms with van der Waals surface area (Å²) in [4.78, 5) is 0. The molecular weight excluding hydrogens is 260 g/mol. The number of hydrogen-bond donors (Lipinski definition) is 0. The monoisotopic (exact) mass is 260 g/mol. The Bertz CT molecular complexity index is 109. The van der Waals surface area contributed by atoms with Crippen LogP contribution in [0.25, 0.3) is 0 Å². The molecule has 0 spiro atoms. The molecule has 0 saturated carbocycles. The van der Waals surface area contributed by atoms with Crippen LogP contribution in [-0.2, 0) is 30.4 Å². The van der Waals surface area contributed by atoms with Crippen molar-refractivity contribution in [3.8, 4) is 0 Å². The summed E-state index contributed by atoms with van der Waals surface area (Å²) in [5.41, 5.74) is 0. The van der Waals surface area contributed by atoms with Gasteiger partial charge in [0.25, 0.3) is 0 Å². The molecule has 70 valence electrons. The normalized spacial score (nSPS) is 1.36. The van der Waals surface area contributed by atoms with Crippen LogP contribution in [-0.4, -0.2) is 0 Å². The first-order chi connectivity index (χ1) is 7.00. The van der Waals surface area contributed by atoms with Crippen molar-refractivity contribution >= 4 is 0 Å². The van der Waals surface area contributed by atoms with Gasteiger partial charge in [0, 0.05) is 0 Å². The molecular formula is C6FeN6Ti-4. The fourth-order valence-electron chi connectivity index (χ4n) is 0. The van der Waals surface area contributed by atoms with E-state index in [1.54, 1.807) is 17.7 Å². The predicted molar refractivity (Wildman–Crippen MR) is 29.8 cm³/mol. The van der Waals surface area contributed by atoms with Crippen LogP contribution >= 0.6 is 0 Å². The van der Waals surface area contributed by atoms with E-state index < -0.39 is 0 Å². The molecule has 0 N–H and O–H groups in total. The van der Waals surface area contributed by atoms with Gasteiger partial charge in [-0.3, -0.25) is 0 Å². The first-order valence-corrected chi connectivity index (χ1v) is 4.35. The Labute approximate surface area is 101 Å². The Morgan fingerprint density at radius 1 is 0.429 bits per heavy atom. The molecule has 0 aliphatic carbocycles. The van der Waals surface area contributed by atoms with Crippen molar-refractivity contribution in [1.82, 2.24) is 0 Å². The first kappa shape index (κ1) is 56.8. The fraction of sp³-hybridized carbons (Fsp3) is 0. The van der Waals surface area contributed by atoms with E-state index in [0.29, 0.717) is 0 Å². The Morgan fingerprint density at radius 3 is 0.429 bits per heavy atom. The van der Waals surface area contributed by atoms with Gasteiger partial charge in [-0.1, -0.05) is 0 Å². The third kappa shape index (κ3) is 257. The summed E-state index contributed by atoms with van der Waals surface area (Å²) >= 11 is 5.00. The molecule has 0 aromatic rings. The Balaban J connectivity index is -0.00000000817. The zero-order chi connectivity index (χ0) is 14.0. The molecule has 0 aromatic carbocycles. The average molecular weight is 260 g/mol. The standard InChI is InChI=1S/6CN.Fe.Ti/c6*1-2;;/q6*-1;;+2. The minimum absolute atomic E-state index is 1.75. The molecule has 0 unspecified atom stereocenters. The maximum absolute atomic E-state index is 6.25. The summed E-state index contributed by atoms with van der Waals surface area (Å²) in [6.07, 6.45) is 0. The van der Waals surface area contributed by atoms with Crippen molar-refractivity contribution < 1.29 is 30.4 Å². The van der Waals surface area contributed by atoms with E-state index >= 15 is 0 Å². The predicted octanol–water partition coefficient (Wildman–Crippen LogP) is 0.573. The van der Waals surface area contributed by atoms with Gasteiger partial charge in [-0.05, 0) is 0 Å². The van der Waals surface area contributed by atoms with Crippen LogP contribution in [0.2, 0.25) is 0 Å². The van der Waals surface area contributed by atoms with Gasteiger partial charge in [0.15, 0.2) is 0 Å². The van der Waals surface area contributed by atoms with Crippen LogP contribution in [0.15, 0.2) is 0 Å². The van der Waals surface area contributed by atoms with Gasteiger partial charge < -0.3 is 71.0 Å². The van der Waals surface area contributed by atoms with Crippen molar-refractivity contribution in [2.24, 2.45) is 0 Å². The van der Waals surface area contributed by atoms with Gasteiger partial charge in [0.05, 0.1) is 0 Å². The van der Waals surface area contributed by atoms with Gasteiger partial charge in [-0.15, -0.1) is 0 Å². The van der Waals surface area contributed by atoms with E-state index in [2.05, 4.69) is 12.7 Å². The summed E-state index contributed by atoms with van der Waals surface area (Å²) < 4.78 is 0. The second-order valence-corrected chi connectivity index (χ2v) is 0. The minimum atomic E-state index is 1.75. The van der Waals surface area contributed by atoms with Crippen LogP contribution in [0.3, 0.4) is 0 Å². The Hall–Kier alpha value is -1.83. The van der Waals surface area contributed by atoms with Crippen LogP contribution in [0, 0.1) is 71.0 Å². The SMILES string of the molecule is [C-]#N.[C-]#N.[C-]#N.[C-]#N.[C-]#N.[C-]#N.[Ti+2]=[Fe]. The van der Waals surface area contributed by atoms with Gasteiger partial charge in [-0.2, -0.15) is 0 Å². The molecule has 0 rings (SSSR count). The zero-order valence-corrected chi connectivity index (χ0v) is 9.20. The third-order valence-corrected chi connectivity index (χ3v) is 0. The second kappa shape index (κ2) is 347. The summed E-state index contributed by atoms with van der Waals surface area (Å²) in [6, 6.07) is 0. The second-order valence-electron chi connectivity index (χ2n) is 0. The topological polar surface area (TPSA) is 143 Å². The molecule has 0 aliphatic heterocycles. The Morgan fingerprint density at radius 2 is 0.429 bits per heavy atom. The molecule has 14 heavy (non-hydrogen) atoms. The third-order valence-electron chi connectivity index (χ3n) is 0. The molecule has 0 saturated heterocycles. The van der Waals surface area contributed by atoms with E-state index in [-0.39, 0.29) is 0 Å². The first-order valence-electron chi connectivity index (χ1n) is 1.52. The van der Waals surface area contributed by atoms with Crippen molar-refractivity contribution in [2.75, 3.05) is 0 Å². The van der Waals surface area contributed by atoms with Crippen LogP contribution in [0.1, 0.15) is 0 Å². The van der Waals surface area contributed by atoms with E-state index in [9.17, 15) is 0 Å². The van der Waals surface area contributed by atoms with E-state index in [0.717, 1.165) is 0 Å². The van der Waals surface area contributed by atoms with Gasteiger partial charge in [-0.25, -0.2) is 0 Å². The summed E-state index contributed by atoms with van der Waals surface area (Å²) in [5.74, 6) is 0. The molecule has 6 nitrogen and oxygen atoms in total. The molecule has 0 heterocycles. The van der Waals surface area contributed by atoms with Crippen molar-refractivity contribution in [2.45, 2.75) is 0 Å². The molecule has 0 radical (unpaired) electrons. The van der Waals surface area contributed by atoms with E-state index in [1.807, 2.05) is 0 Å². The molecule has 0 amide bonds. The number of hydrogen-bond acceptors (Lipinski definition) is 6.